The topological polar surface area (TPSA) is 79.5 Å². The van der Waals surface area contributed by atoms with Gasteiger partial charge in [-0.1, -0.05) is 64.1 Å². The van der Waals surface area contributed by atoms with Crippen LogP contribution in [0.15, 0.2) is 53.0 Å². The van der Waals surface area contributed by atoms with Crippen LogP contribution in [0.2, 0.25) is 0 Å². The predicted molar refractivity (Wildman–Crippen MR) is 137 cm³/mol. The number of nitrogens with one attached hydrogen (secondary N) is 3. The number of thiocarbonyl (C=S) groups is 1. The van der Waals surface area contributed by atoms with Crippen molar-refractivity contribution in [2.75, 3.05) is 11.9 Å². The Labute approximate surface area is 215 Å². The van der Waals surface area contributed by atoms with E-state index in [1.54, 1.807) is 48.5 Å². The highest BCUT2D eigenvalue weighted by molar-refractivity contribution is 9.10. The molecule has 32 heavy (non-hydrogen) atoms. The average molecular weight is 582 g/mol. The largest absolute Gasteiger partial charge is 0.462 e. The van der Waals surface area contributed by atoms with Gasteiger partial charge in [-0.2, -0.15) is 0 Å². The van der Waals surface area contributed by atoms with Crippen LogP contribution < -0.4 is 16.0 Å². The van der Waals surface area contributed by atoms with Crippen molar-refractivity contribution in [3.63, 3.8) is 0 Å². The van der Waals surface area contributed by atoms with Gasteiger partial charge in [-0.25, -0.2) is 4.79 Å². The molecule has 0 saturated carbocycles. The van der Waals surface area contributed by atoms with Crippen LogP contribution >= 0.6 is 63.0 Å². The summed E-state index contributed by atoms with van der Waals surface area (Å²) in [7, 11) is 0. The molecule has 2 rings (SSSR count). The molecule has 3 N–H and O–H groups in total. The number of alkyl halides is 3. The molecule has 0 aliphatic carbocycles. The number of carbonyl (C=O) groups is 2. The molecule has 11 heteroatoms. The number of amides is 1. The molecule has 0 aliphatic rings. The van der Waals surface area contributed by atoms with E-state index in [2.05, 4.69) is 31.9 Å². The van der Waals surface area contributed by atoms with Crippen LogP contribution in [0.3, 0.4) is 0 Å². The minimum atomic E-state index is -1.89. The first-order chi connectivity index (χ1) is 15.1. The molecule has 0 radical (unpaired) electrons. The number of ether oxygens (including phenoxy) is 1. The highest BCUT2D eigenvalue weighted by Crippen LogP contribution is 2.29. The van der Waals surface area contributed by atoms with Crippen molar-refractivity contribution in [1.82, 2.24) is 10.6 Å². The van der Waals surface area contributed by atoms with Crippen molar-refractivity contribution in [3.05, 3.63) is 64.1 Å². The normalized spacial score (nSPS) is 11.9. The van der Waals surface area contributed by atoms with Gasteiger partial charge in [0.2, 0.25) is 3.79 Å². The van der Waals surface area contributed by atoms with E-state index >= 15 is 0 Å². The monoisotopic (exact) mass is 579 g/mol. The fraction of sp³-hybridized carbons (Fsp3) is 0.286. The number of hydrogen-bond donors (Lipinski definition) is 3. The van der Waals surface area contributed by atoms with Gasteiger partial charge in [-0.05, 0) is 67.2 Å². The minimum Gasteiger partial charge on any atom is -0.462 e. The van der Waals surface area contributed by atoms with Crippen molar-refractivity contribution in [2.45, 2.75) is 29.7 Å². The summed E-state index contributed by atoms with van der Waals surface area (Å²) in [5.74, 6) is -0.840. The fourth-order valence-corrected chi connectivity index (χ4v) is 3.22. The number of rotatable bonds is 8. The lowest BCUT2D eigenvalue weighted by atomic mass is 10.2. The second-order valence-electron chi connectivity index (χ2n) is 6.62. The van der Waals surface area contributed by atoms with Crippen molar-refractivity contribution < 1.29 is 14.3 Å². The van der Waals surface area contributed by atoms with Crippen molar-refractivity contribution in [1.29, 1.82) is 0 Å². The molecule has 1 amide bonds. The molecule has 0 unspecified atom stereocenters. The van der Waals surface area contributed by atoms with Gasteiger partial charge in [0.15, 0.2) is 5.11 Å². The van der Waals surface area contributed by atoms with E-state index in [1.165, 1.54) is 0 Å². The zero-order valence-electron chi connectivity index (χ0n) is 17.0. The lowest BCUT2D eigenvalue weighted by Gasteiger charge is -2.27. The fourth-order valence-electron chi connectivity index (χ4n) is 2.40. The number of esters is 1. The summed E-state index contributed by atoms with van der Waals surface area (Å²) in [5.41, 5.74) is 1.40. The lowest BCUT2D eigenvalue weighted by molar-refractivity contribution is 0.0499. The summed E-state index contributed by atoms with van der Waals surface area (Å²) >= 11 is 26.6. The van der Waals surface area contributed by atoms with Crippen LogP contribution in [-0.2, 0) is 4.74 Å². The number of carbonyl (C=O) groups excluding carboxylic acids is 2. The van der Waals surface area contributed by atoms with Crippen molar-refractivity contribution in [2.24, 2.45) is 0 Å². The number of unbranched alkanes of at least 4 members (excludes halogenated alkanes) is 1. The van der Waals surface area contributed by atoms with Crippen molar-refractivity contribution in [3.8, 4) is 0 Å². The van der Waals surface area contributed by atoms with Gasteiger partial charge in [0.25, 0.3) is 5.91 Å². The minimum absolute atomic E-state index is 0.107. The van der Waals surface area contributed by atoms with Crippen LogP contribution in [0.4, 0.5) is 5.69 Å². The number of anilines is 1. The first kappa shape index (κ1) is 26.7. The molecule has 0 saturated heterocycles. The average Bonchev–Trinajstić information content (AvgIpc) is 2.73. The summed E-state index contributed by atoms with van der Waals surface area (Å²) < 4.78 is 4.12. The molecule has 2 aromatic carbocycles. The van der Waals surface area contributed by atoms with Gasteiger partial charge in [0.05, 0.1) is 12.2 Å². The Morgan fingerprint density at radius 1 is 1.03 bits per heavy atom. The van der Waals surface area contributed by atoms with E-state index in [4.69, 9.17) is 51.8 Å². The molecular formula is C21H21BrCl3N3O3S. The van der Waals surface area contributed by atoms with E-state index in [-0.39, 0.29) is 5.11 Å². The Bertz CT molecular complexity index is 938. The van der Waals surface area contributed by atoms with Crippen LogP contribution in [0.25, 0.3) is 0 Å². The molecule has 0 bridgehead atoms. The van der Waals surface area contributed by atoms with Crippen molar-refractivity contribution >= 4 is 85.6 Å². The highest BCUT2D eigenvalue weighted by Gasteiger charge is 2.34. The molecule has 6 nitrogen and oxygen atoms in total. The van der Waals surface area contributed by atoms with Gasteiger partial charge in [-0.15, -0.1) is 0 Å². The highest BCUT2D eigenvalue weighted by atomic mass is 79.9. The molecule has 0 fully saturated rings. The first-order valence-corrected chi connectivity index (χ1v) is 11.9. The summed E-state index contributed by atoms with van der Waals surface area (Å²) in [6.45, 7) is 2.40. The zero-order chi connectivity index (χ0) is 23.7. The molecular weight excluding hydrogens is 561 g/mol. The number of halogens is 4. The van der Waals surface area contributed by atoms with Gasteiger partial charge in [-0.3, -0.25) is 4.79 Å². The van der Waals surface area contributed by atoms with Crippen LogP contribution in [0.1, 0.15) is 40.5 Å². The third kappa shape index (κ3) is 8.75. The standard InChI is InChI=1S/C21H21BrCl3N3O3S/c1-2-3-12-31-18(30)14-6-10-16(11-7-14)26-20(32)28-19(21(23,24)25)27-17(29)13-4-8-15(22)9-5-13/h4-11,19H,2-3,12H2,1H3,(H,27,29)(H2,26,28,32)/t19-/m1/s1. The van der Waals surface area contributed by atoms with Crippen LogP contribution in [-0.4, -0.2) is 33.6 Å². The van der Waals surface area contributed by atoms with Gasteiger partial charge < -0.3 is 20.7 Å². The quantitative estimate of drug-likeness (QED) is 0.120. The maximum atomic E-state index is 12.5. The zero-order valence-corrected chi connectivity index (χ0v) is 21.6. The SMILES string of the molecule is CCCCOC(=O)c1ccc(NC(=S)N[C@@H](NC(=O)c2ccc(Br)cc2)C(Cl)(Cl)Cl)cc1. The molecule has 2 aromatic rings. The summed E-state index contributed by atoms with van der Waals surface area (Å²) in [6, 6.07) is 13.2. The van der Waals surface area contributed by atoms with Crippen LogP contribution in [0.5, 0.6) is 0 Å². The smallest absolute Gasteiger partial charge is 0.338 e. The van der Waals surface area contributed by atoms with E-state index < -0.39 is 21.8 Å². The van der Waals surface area contributed by atoms with Gasteiger partial charge in [0, 0.05) is 15.7 Å². The predicted octanol–water partition coefficient (Wildman–Crippen LogP) is 5.82. The first-order valence-electron chi connectivity index (χ1n) is 9.58. The Hall–Kier alpha value is -1.58. The van der Waals surface area contributed by atoms with Gasteiger partial charge >= 0.3 is 5.97 Å². The molecule has 172 valence electrons. The summed E-state index contributed by atoms with van der Waals surface area (Å²) in [6.07, 6.45) is 0.643. The maximum absolute atomic E-state index is 12.5. The van der Waals surface area contributed by atoms with Gasteiger partial charge in [0.1, 0.15) is 6.17 Å². The molecule has 0 heterocycles. The Balaban J connectivity index is 1.97. The Morgan fingerprint density at radius 3 is 2.19 bits per heavy atom. The second-order valence-corrected chi connectivity index (χ2v) is 10.3. The van der Waals surface area contributed by atoms with E-state index in [0.717, 1.165) is 17.3 Å². The summed E-state index contributed by atoms with van der Waals surface area (Å²) in [5, 5.41) is 8.41. The van der Waals surface area contributed by atoms with E-state index in [1.807, 2.05) is 6.92 Å². The molecule has 0 spiro atoms. The van der Waals surface area contributed by atoms with E-state index in [0.29, 0.717) is 23.4 Å². The molecule has 1 atom stereocenters. The lowest BCUT2D eigenvalue weighted by Crippen LogP contribution is -2.56. The maximum Gasteiger partial charge on any atom is 0.338 e. The number of hydrogen-bond acceptors (Lipinski definition) is 4. The summed E-state index contributed by atoms with van der Waals surface area (Å²) in [4.78, 5) is 24.5. The van der Waals surface area contributed by atoms with E-state index in [9.17, 15) is 9.59 Å². The third-order valence-electron chi connectivity index (χ3n) is 4.09. The number of benzene rings is 2. The van der Waals surface area contributed by atoms with Crippen LogP contribution in [0, 0.1) is 0 Å². The Kier molecular flexibility index (Phi) is 10.5. The Morgan fingerprint density at radius 2 is 1.62 bits per heavy atom. The second kappa shape index (κ2) is 12.6. The molecule has 0 aliphatic heterocycles. The molecule has 0 aromatic heterocycles. The third-order valence-corrected chi connectivity index (χ3v) is 5.50.